The molecule has 0 bridgehead atoms. The molecule has 0 radical (unpaired) electrons. The van der Waals surface area contributed by atoms with Crippen molar-refractivity contribution >= 4 is 43.5 Å². The standard InChI is InChI=1S/C15H12Br2ClF/c1-8-4-3-5-9(2)14(8)15(17)10-6-12(18)11(16)7-13(10)19/h3-7,15H,1-2H3. The van der Waals surface area contributed by atoms with Gasteiger partial charge in [-0.15, -0.1) is 0 Å². The SMILES string of the molecule is Cc1cccc(C)c1C(Br)c1cc(Cl)c(Br)cc1F. The zero-order chi connectivity index (χ0) is 14.2. The molecule has 0 saturated heterocycles. The third-order valence-corrected chi connectivity index (χ3v) is 5.26. The van der Waals surface area contributed by atoms with E-state index in [0.29, 0.717) is 15.1 Å². The smallest absolute Gasteiger partial charge is 0.129 e. The molecule has 2 rings (SSSR count). The molecule has 0 fully saturated rings. The summed E-state index contributed by atoms with van der Waals surface area (Å²) in [6.45, 7) is 4.05. The highest BCUT2D eigenvalue weighted by Crippen LogP contribution is 2.38. The van der Waals surface area contributed by atoms with Crippen molar-refractivity contribution in [2.24, 2.45) is 0 Å². The molecule has 0 aliphatic rings. The van der Waals surface area contributed by atoms with Gasteiger partial charge in [0.05, 0.1) is 9.85 Å². The first-order valence-electron chi connectivity index (χ1n) is 5.76. The van der Waals surface area contributed by atoms with Gasteiger partial charge in [-0.25, -0.2) is 4.39 Å². The molecule has 100 valence electrons. The third kappa shape index (κ3) is 3.04. The summed E-state index contributed by atoms with van der Waals surface area (Å²) < 4.78 is 14.7. The molecule has 19 heavy (non-hydrogen) atoms. The molecule has 0 aliphatic carbocycles. The van der Waals surface area contributed by atoms with E-state index in [1.807, 2.05) is 32.0 Å². The number of hydrogen-bond donors (Lipinski definition) is 0. The minimum absolute atomic E-state index is 0.209. The summed E-state index contributed by atoms with van der Waals surface area (Å²) in [5.74, 6) is -0.277. The van der Waals surface area contributed by atoms with E-state index < -0.39 is 0 Å². The van der Waals surface area contributed by atoms with Gasteiger partial charge in [0.2, 0.25) is 0 Å². The topological polar surface area (TPSA) is 0 Å². The maximum absolute atomic E-state index is 14.1. The van der Waals surface area contributed by atoms with Gasteiger partial charge in [0, 0.05) is 10.0 Å². The van der Waals surface area contributed by atoms with Gasteiger partial charge in [-0.2, -0.15) is 0 Å². The fourth-order valence-electron chi connectivity index (χ4n) is 2.11. The molecule has 0 saturated carbocycles. The molecule has 1 atom stereocenters. The zero-order valence-corrected chi connectivity index (χ0v) is 14.4. The molecule has 2 aromatic rings. The Kier molecular flexibility index (Phi) is 4.70. The molecule has 0 amide bonds. The number of halogens is 4. The second-order valence-corrected chi connectivity index (χ2v) is 6.63. The van der Waals surface area contributed by atoms with Gasteiger partial charge in [0.1, 0.15) is 5.82 Å². The number of benzene rings is 2. The lowest BCUT2D eigenvalue weighted by Crippen LogP contribution is -2.01. The van der Waals surface area contributed by atoms with E-state index in [9.17, 15) is 4.39 Å². The minimum Gasteiger partial charge on any atom is -0.207 e. The highest BCUT2D eigenvalue weighted by Gasteiger charge is 2.19. The highest BCUT2D eigenvalue weighted by molar-refractivity contribution is 9.10. The van der Waals surface area contributed by atoms with E-state index in [-0.39, 0.29) is 10.6 Å². The van der Waals surface area contributed by atoms with Crippen LogP contribution in [-0.4, -0.2) is 0 Å². The molecule has 1 unspecified atom stereocenters. The maximum Gasteiger partial charge on any atom is 0.129 e. The first-order valence-corrected chi connectivity index (χ1v) is 7.85. The van der Waals surface area contributed by atoms with E-state index in [0.717, 1.165) is 16.7 Å². The van der Waals surface area contributed by atoms with Crippen LogP contribution >= 0.6 is 43.5 Å². The van der Waals surface area contributed by atoms with Crippen molar-refractivity contribution in [1.29, 1.82) is 0 Å². The van der Waals surface area contributed by atoms with Crippen molar-refractivity contribution in [3.8, 4) is 0 Å². The molecular formula is C15H12Br2ClF. The molecule has 0 aromatic heterocycles. The van der Waals surface area contributed by atoms with Gasteiger partial charge in [-0.05, 0) is 58.6 Å². The average Bonchev–Trinajstić information content (AvgIpc) is 2.33. The van der Waals surface area contributed by atoms with E-state index in [2.05, 4.69) is 31.9 Å². The van der Waals surface area contributed by atoms with Crippen molar-refractivity contribution in [2.45, 2.75) is 18.7 Å². The average molecular weight is 407 g/mol. The summed E-state index contributed by atoms with van der Waals surface area (Å²) in [5, 5.41) is 0.507. The quantitative estimate of drug-likeness (QED) is 0.403. The first kappa shape index (κ1) is 15.0. The van der Waals surface area contributed by atoms with Gasteiger partial charge in [0.15, 0.2) is 0 Å². The highest BCUT2D eigenvalue weighted by atomic mass is 79.9. The lowest BCUT2D eigenvalue weighted by atomic mass is 9.96. The summed E-state index contributed by atoms with van der Waals surface area (Å²) in [6.07, 6.45) is 0. The molecule has 0 nitrogen and oxygen atoms in total. The Bertz CT molecular complexity index is 606. The Hall–Kier alpha value is -0.380. The van der Waals surface area contributed by atoms with Crippen LogP contribution in [0.1, 0.15) is 27.1 Å². The van der Waals surface area contributed by atoms with E-state index in [4.69, 9.17) is 11.6 Å². The van der Waals surface area contributed by atoms with Gasteiger partial charge in [-0.3, -0.25) is 0 Å². The Morgan fingerprint density at radius 1 is 1.16 bits per heavy atom. The monoisotopic (exact) mass is 404 g/mol. The number of alkyl halides is 1. The van der Waals surface area contributed by atoms with E-state index in [1.54, 1.807) is 6.07 Å². The van der Waals surface area contributed by atoms with Gasteiger partial charge >= 0.3 is 0 Å². The van der Waals surface area contributed by atoms with E-state index in [1.165, 1.54) is 6.07 Å². The summed E-state index contributed by atoms with van der Waals surface area (Å²) in [4.78, 5) is -0.209. The Morgan fingerprint density at radius 2 is 1.74 bits per heavy atom. The molecule has 0 aliphatic heterocycles. The molecule has 0 heterocycles. The second-order valence-electron chi connectivity index (χ2n) is 4.46. The molecule has 0 N–H and O–H groups in total. The van der Waals surface area contributed by atoms with Crippen LogP contribution in [0, 0.1) is 19.7 Å². The van der Waals surface area contributed by atoms with Crippen LogP contribution in [0.25, 0.3) is 0 Å². The molecule has 0 spiro atoms. The summed E-state index contributed by atoms with van der Waals surface area (Å²) in [6, 6.07) is 9.11. The van der Waals surface area contributed by atoms with Crippen molar-refractivity contribution < 1.29 is 4.39 Å². The molecule has 4 heteroatoms. The lowest BCUT2D eigenvalue weighted by molar-refractivity contribution is 0.612. The van der Waals surface area contributed by atoms with Crippen molar-refractivity contribution in [2.75, 3.05) is 0 Å². The lowest BCUT2D eigenvalue weighted by Gasteiger charge is -2.17. The normalized spacial score (nSPS) is 12.5. The van der Waals surface area contributed by atoms with Gasteiger partial charge < -0.3 is 0 Å². The fraction of sp³-hybridized carbons (Fsp3) is 0.200. The first-order chi connectivity index (χ1) is 8.91. The largest absolute Gasteiger partial charge is 0.207 e. The number of rotatable bonds is 2. The van der Waals surface area contributed by atoms with Crippen LogP contribution in [0.2, 0.25) is 5.02 Å². The number of hydrogen-bond acceptors (Lipinski definition) is 0. The van der Waals surface area contributed by atoms with Crippen LogP contribution < -0.4 is 0 Å². The van der Waals surface area contributed by atoms with Crippen LogP contribution in [0.3, 0.4) is 0 Å². The second kappa shape index (κ2) is 5.94. The summed E-state index contributed by atoms with van der Waals surface area (Å²) in [7, 11) is 0. The molecular weight excluding hydrogens is 394 g/mol. The molecule has 2 aromatic carbocycles. The fourth-order valence-corrected chi connectivity index (χ4v) is 3.68. The maximum atomic E-state index is 14.1. The Balaban J connectivity index is 2.56. The van der Waals surface area contributed by atoms with Gasteiger partial charge in [0.25, 0.3) is 0 Å². The summed E-state index contributed by atoms with van der Waals surface area (Å²) >= 11 is 12.9. The van der Waals surface area contributed by atoms with Crippen molar-refractivity contribution in [3.63, 3.8) is 0 Å². The predicted molar refractivity (Wildman–Crippen MR) is 85.8 cm³/mol. The predicted octanol–water partition coefficient (Wildman–Crippen LogP) is 6.34. The van der Waals surface area contributed by atoms with Crippen molar-refractivity contribution in [3.05, 3.63) is 67.9 Å². The van der Waals surface area contributed by atoms with E-state index >= 15 is 0 Å². The van der Waals surface area contributed by atoms with Crippen LogP contribution in [0.4, 0.5) is 4.39 Å². The summed E-state index contributed by atoms with van der Waals surface area (Å²) in [5.41, 5.74) is 3.88. The van der Waals surface area contributed by atoms with Crippen LogP contribution in [0.5, 0.6) is 0 Å². The Morgan fingerprint density at radius 3 is 2.32 bits per heavy atom. The minimum atomic E-state index is -0.277. The third-order valence-electron chi connectivity index (χ3n) is 3.11. The number of aryl methyl sites for hydroxylation is 2. The van der Waals surface area contributed by atoms with Crippen molar-refractivity contribution in [1.82, 2.24) is 0 Å². The van der Waals surface area contributed by atoms with Gasteiger partial charge in [-0.1, -0.05) is 45.7 Å². The Labute approximate surface area is 134 Å². The van der Waals surface area contributed by atoms with Crippen LogP contribution in [0.15, 0.2) is 34.8 Å². The zero-order valence-electron chi connectivity index (χ0n) is 10.5. The van der Waals surface area contributed by atoms with Crippen LogP contribution in [-0.2, 0) is 0 Å².